The van der Waals surface area contributed by atoms with Gasteiger partial charge in [0, 0.05) is 6.54 Å². The molecule has 0 spiro atoms. The van der Waals surface area contributed by atoms with Gasteiger partial charge >= 0.3 is 21.2 Å². The average Bonchev–Trinajstić information content (AvgIpc) is 1.99. The Hall–Kier alpha value is -0.310. The fourth-order valence-corrected chi connectivity index (χ4v) is 3.31. The van der Waals surface area contributed by atoms with E-state index in [1.54, 1.807) is 5.32 Å². The third-order valence-corrected chi connectivity index (χ3v) is 5.94. The van der Waals surface area contributed by atoms with Crippen LogP contribution in [0.5, 0.6) is 0 Å². The highest BCUT2D eigenvalue weighted by Gasteiger charge is 2.59. The zero-order chi connectivity index (χ0) is 13.2. The van der Waals surface area contributed by atoms with E-state index in [9.17, 15) is 13.9 Å². The van der Waals surface area contributed by atoms with Gasteiger partial charge in [-0.15, -0.1) is 0 Å². The van der Waals surface area contributed by atoms with E-state index in [0.29, 0.717) is 0 Å². The molecule has 96 valence electrons. The molecule has 10 nitrogen and oxygen atoms in total. The van der Waals surface area contributed by atoms with Crippen LogP contribution in [0.4, 0.5) is 0 Å². The number of hydrogen-bond acceptors (Lipinski definition) is 5. The van der Waals surface area contributed by atoms with Crippen LogP contribution in [-0.4, -0.2) is 48.8 Å². The van der Waals surface area contributed by atoms with Crippen LogP contribution in [0, 0.1) is 0 Å². The Labute approximate surface area is 89.8 Å². The molecule has 0 fully saturated rings. The molecular formula is C4H12N2O8P2. The summed E-state index contributed by atoms with van der Waals surface area (Å²) in [5.41, 5.74) is 4.93. The number of nitrogens with one attached hydrogen (secondary N) is 1. The van der Waals surface area contributed by atoms with Crippen molar-refractivity contribution in [3.8, 4) is 0 Å². The average molecular weight is 278 g/mol. The molecule has 0 aliphatic heterocycles. The lowest BCUT2D eigenvalue weighted by atomic mass is 10.5. The second-order valence-corrected chi connectivity index (χ2v) is 6.91. The molecule has 12 heteroatoms. The van der Waals surface area contributed by atoms with Gasteiger partial charge < -0.3 is 30.4 Å². The van der Waals surface area contributed by atoms with Gasteiger partial charge in [-0.05, 0) is 0 Å². The number of hydrogen-bond donors (Lipinski definition) is 7. The summed E-state index contributed by atoms with van der Waals surface area (Å²) in [6, 6.07) is 0. The first-order valence-electron chi connectivity index (χ1n) is 3.76. The van der Waals surface area contributed by atoms with Crippen molar-refractivity contribution in [2.24, 2.45) is 5.73 Å². The van der Waals surface area contributed by atoms with Crippen molar-refractivity contribution >= 4 is 21.2 Å². The van der Waals surface area contributed by atoms with Crippen LogP contribution in [0.1, 0.15) is 0 Å². The molecule has 8 N–H and O–H groups in total. The van der Waals surface area contributed by atoms with E-state index in [-0.39, 0.29) is 0 Å². The molecule has 0 heterocycles. The quantitative estimate of drug-likeness (QED) is 0.258. The third kappa shape index (κ3) is 3.09. The summed E-state index contributed by atoms with van der Waals surface area (Å²) in [6.07, 6.45) is 0. The Kier molecular flexibility index (Phi) is 4.81. The lowest BCUT2D eigenvalue weighted by Crippen LogP contribution is -2.52. The number of carbonyl (C=O) groups is 1. The molecule has 0 unspecified atom stereocenters. The SMILES string of the molecule is NCC(NCC(=O)O)(P(=O)(O)O)P(=O)(O)O. The van der Waals surface area contributed by atoms with Gasteiger partial charge in [-0.25, -0.2) is 0 Å². The Morgan fingerprint density at radius 3 is 1.75 bits per heavy atom. The van der Waals surface area contributed by atoms with E-state index in [1.165, 1.54) is 0 Å². The Bertz CT molecular complexity index is 335. The zero-order valence-corrected chi connectivity index (χ0v) is 9.64. The van der Waals surface area contributed by atoms with Gasteiger partial charge in [-0.2, -0.15) is 0 Å². The Balaban J connectivity index is 5.41. The van der Waals surface area contributed by atoms with Crippen LogP contribution in [0.15, 0.2) is 0 Å². The molecule has 0 aromatic heterocycles. The van der Waals surface area contributed by atoms with E-state index < -0.39 is 39.3 Å². The maximum Gasteiger partial charge on any atom is 0.359 e. The molecule has 0 radical (unpaired) electrons. The van der Waals surface area contributed by atoms with E-state index in [4.69, 9.17) is 30.4 Å². The molecule has 0 saturated carbocycles. The molecule has 0 rings (SSSR count). The van der Waals surface area contributed by atoms with E-state index in [2.05, 4.69) is 0 Å². The number of aliphatic carboxylic acids is 1. The maximum absolute atomic E-state index is 11.0. The summed E-state index contributed by atoms with van der Waals surface area (Å²) in [7, 11) is -10.7. The summed E-state index contributed by atoms with van der Waals surface area (Å²) in [5, 5.41) is 6.84. The standard InChI is InChI=1S/C4H12N2O8P2/c5-2-4(15(9,10)11,16(12,13)14)6-1-3(7)8/h6H,1-2,5H2,(H,7,8)(H2,9,10,11)(H2,12,13,14). The van der Waals surface area contributed by atoms with Crippen molar-refractivity contribution < 1.29 is 38.6 Å². The van der Waals surface area contributed by atoms with Crippen LogP contribution >= 0.6 is 15.2 Å². The molecule has 16 heavy (non-hydrogen) atoms. The lowest BCUT2D eigenvalue weighted by Gasteiger charge is -2.33. The first-order chi connectivity index (χ1) is 6.98. The molecule has 0 atom stereocenters. The van der Waals surface area contributed by atoms with Crippen LogP contribution in [0.2, 0.25) is 0 Å². The largest absolute Gasteiger partial charge is 0.480 e. The molecule has 0 aliphatic carbocycles. The summed E-state index contributed by atoms with van der Waals surface area (Å²) in [4.78, 5) is 45.6. The number of carboxylic acids is 1. The normalized spacial score (nSPS) is 13.8. The highest BCUT2D eigenvalue weighted by atomic mass is 31.2. The van der Waals surface area contributed by atoms with E-state index >= 15 is 0 Å². The molecule has 0 aliphatic rings. The number of rotatable bonds is 6. The molecule has 0 bridgehead atoms. The van der Waals surface area contributed by atoms with Crippen molar-refractivity contribution in [1.29, 1.82) is 0 Å². The number of carboxylic acid groups (broad SMARTS) is 1. The monoisotopic (exact) mass is 278 g/mol. The maximum atomic E-state index is 11.0. The highest BCUT2D eigenvalue weighted by molar-refractivity contribution is 7.72. The topological polar surface area (TPSA) is 190 Å². The van der Waals surface area contributed by atoms with Gasteiger partial charge in [-0.3, -0.25) is 19.2 Å². The van der Waals surface area contributed by atoms with Gasteiger partial charge in [0.15, 0.2) is 0 Å². The fourth-order valence-electron chi connectivity index (χ4n) is 0.903. The second kappa shape index (κ2) is 4.91. The third-order valence-electron chi connectivity index (χ3n) is 1.77. The molecular weight excluding hydrogens is 266 g/mol. The number of nitrogens with two attached hydrogens (primary N) is 1. The van der Waals surface area contributed by atoms with Gasteiger partial charge in [0.05, 0.1) is 6.54 Å². The van der Waals surface area contributed by atoms with Crippen LogP contribution < -0.4 is 11.1 Å². The second-order valence-electron chi connectivity index (χ2n) is 2.86. The lowest BCUT2D eigenvalue weighted by molar-refractivity contribution is -0.136. The highest BCUT2D eigenvalue weighted by Crippen LogP contribution is 2.66. The van der Waals surface area contributed by atoms with Crippen LogP contribution in [0.3, 0.4) is 0 Å². The first-order valence-corrected chi connectivity index (χ1v) is 6.98. The first kappa shape index (κ1) is 15.7. The summed E-state index contributed by atoms with van der Waals surface area (Å²) >= 11 is 0. The van der Waals surface area contributed by atoms with Gasteiger partial charge in [0.25, 0.3) is 0 Å². The van der Waals surface area contributed by atoms with Gasteiger partial charge in [-0.1, -0.05) is 0 Å². The molecule has 0 aromatic rings. The minimum absolute atomic E-state index is 1.05. The van der Waals surface area contributed by atoms with Crippen molar-refractivity contribution in [3.05, 3.63) is 0 Å². The van der Waals surface area contributed by atoms with Crippen molar-refractivity contribution in [1.82, 2.24) is 5.32 Å². The van der Waals surface area contributed by atoms with Gasteiger partial charge in [0.2, 0.25) is 5.02 Å². The summed E-state index contributed by atoms with van der Waals surface area (Å²) in [5.74, 6) is -1.54. The smallest absolute Gasteiger partial charge is 0.359 e. The predicted octanol–water partition coefficient (Wildman–Crippen LogP) is -2.37. The van der Waals surface area contributed by atoms with Crippen molar-refractivity contribution in [3.63, 3.8) is 0 Å². The van der Waals surface area contributed by atoms with Crippen molar-refractivity contribution in [2.75, 3.05) is 13.1 Å². The predicted molar refractivity (Wildman–Crippen MR) is 51.5 cm³/mol. The summed E-state index contributed by atoms with van der Waals surface area (Å²) < 4.78 is 22.0. The Morgan fingerprint density at radius 1 is 1.19 bits per heavy atom. The van der Waals surface area contributed by atoms with Crippen LogP contribution in [-0.2, 0) is 13.9 Å². The molecule has 0 amide bonds. The summed E-state index contributed by atoms with van der Waals surface area (Å²) in [6.45, 7) is -2.16. The minimum Gasteiger partial charge on any atom is -0.480 e. The van der Waals surface area contributed by atoms with E-state index in [1.807, 2.05) is 0 Å². The fraction of sp³-hybridized carbons (Fsp3) is 0.750. The van der Waals surface area contributed by atoms with Gasteiger partial charge in [0.1, 0.15) is 0 Å². The molecule has 0 aromatic carbocycles. The minimum atomic E-state index is -5.35. The zero-order valence-electron chi connectivity index (χ0n) is 7.85. The van der Waals surface area contributed by atoms with Crippen LogP contribution in [0.25, 0.3) is 0 Å². The van der Waals surface area contributed by atoms with E-state index in [0.717, 1.165) is 0 Å². The van der Waals surface area contributed by atoms with Crippen molar-refractivity contribution in [2.45, 2.75) is 5.02 Å². The Morgan fingerprint density at radius 2 is 1.56 bits per heavy atom. The molecule has 0 saturated heterocycles.